The van der Waals surface area contributed by atoms with Gasteiger partial charge in [-0.15, -0.1) is 0 Å². The summed E-state index contributed by atoms with van der Waals surface area (Å²) in [6.45, 7) is 1.37. The fraction of sp³-hybridized carbons (Fsp3) is 0.200. The van der Waals surface area contributed by atoms with Crippen LogP contribution in [0.5, 0.6) is 23.0 Å². The predicted molar refractivity (Wildman–Crippen MR) is 223 cm³/mol. The Hall–Kier alpha value is -5.30. The lowest BCUT2D eigenvalue weighted by Gasteiger charge is -2.06. The van der Waals surface area contributed by atoms with Crippen LogP contribution in [0.3, 0.4) is 0 Å². The molecule has 0 bridgehead atoms. The molecular formula is C40H28Br2Cl2F4N8O4. The Morgan fingerprint density at radius 2 is 0.817 bits per heavy atom. The minimum Gasteiger partial charge on any atom is -0.506 e. The van der Waals surface area contributed by atoms with E-state index in [2.05, 4.69) is 71.7 Å². The SMILES string of the molecule is Fc1cnc(Br)c2ncc(OCC3CC3)cc12.Fc1cnc(Cl)c2ncc(OCC3CC3)cc12.Oc1cnc2c(Br)ncc(F)c2c1.Oc1cnc2c(Cl)ncc(F)c2c1. The van der Waals surface area contributed by atoms with Crippen molar-refractivity contribution in [2.24, 2.45) is 11.8 Å². The molecule has 2 saturated carbocycles. The zero-order valence-electron chi connectivity index (χ0n) is 30.6. The smallest absolute Gasteiger partial charge is 0.155 e. The molecule has 8 aromatic rings. The van der Waals surface area contributed by atoms with Crippen LogP contribution in [0.1, 0.15) is 25.7 Å². The number of rotatable bonds is 6. The van der Waals surface area contributed by atoms with Gasteiger partial charge in [0.05, 0.1) is 62.8 Å². The molecule has 0 aliphatic heterocycles. The van der Waals surface area contributed by atoms with Crippen LogP contribution in [0.25, 0.3) is 43.6 Å². The summed E-state index contributed by atoms with van der Waals surface area (Å²) in [6, 6.07) is 5.86. The monoisotopic (exact) mass is 988 g/mol. The average Bonchev–Trinajstić information content (AvgIpc) is 4.20. The number of hydrogen-bond donors (Lipinski definition) is 2. The van der Waals surface area contributed by atoms with Crippen LogP contribution in [0.4, 0.5) is 17.6 Å². The van der Waals surface area contributed by atoms with E-state index in [4.69, 9.17) is 42.9 Å². The van der Waals surface area contributed by atoms with Crippen molar-refractivity contribution in [3.05, 3.63) is 117 Å². The molecule has 0 saturated heterocycles. The molecule has 0 spiro atoms. The summed E-state index contributed by atoms with van der Waals surface area (Å²) in [5, 5.41) is 19.7. The maximum Gasteiger partial charge on any atom is 0.155 e. The van der Waals surface area contributed by atoms with Crippen LogP contribution in [-0.4, -0.2) is 63.3 Å². The van der Waals surface area contributed by atoms with Crippen LogP contribution < -0.4 is 9.47 Å². The van der Waals surface area contributed by atoms with Gasteiger partial charge in [0.25, 0.3) is 0 Å². The maximum absolute atomic E-state index is 13.6. The zero-order valence-corrected chi connectivity index (χ0v) is 35.3. The summed E-state index contributed by atoms with van der Waals surface area (Å²) in [7, 11) is 0. The van der Waals surface area contributed by atoms with Gasteiger partial charge in [0.15, 0.2) is 33.6 Å². The van der Waals surface area contributed by atoms with Gasteiger partial charge in [0, 0.05) is 21.5 Å². The number of aromatic hydroxyl groups is 2. The van der Waals surface area contributed by atoms with Crippen molar-refractivity contribution in [1.29, 1.82) is 0 Å². The van der Waals surface area contributed by atoms with Gasteiger partial charge in [0.1, 0.15) is 54.3 Å². The Morgan fingerprint density at radius 1 is 0.483 bits per heavy atom. The van der Waals surface area contributed by atoms with Crippen molar-refractivity contribution in [3.63, 3.8) is 0 Å². The fourth-order valence-corrected chi connectivity index (χ4v) is 6.55. The van der Waals surface area contributed by atoms with E-state index in [1.807, 2.05) is 0 Å². The predicted octanol–water partition coefficient (Wildman–Crippen LogP) is 10.9. The van der Waals surface area contributed by atoms with Gasteiger partial charge in [-0.3, -0.25) is 0 Å². The molecule has 0 amide bonds. The molecule has 2 fully saturated rings. The standard InChI is InChI=1S/C12H10BrFN2O.C12H10ClFN2O.C8H4BrFN2O.C8H4ClFN2O/c2*13-12-11-9(10(14)5-16-12)3-8(4-15-11)17-6-7-1-2-7;2*9-8-7-5(6(10)3-12-8)1-4(13)2-11-7/h2*3-5,7H,1-2,6H2;2*1-3,13H. The summed E-state index contributed by atoms with van der Waals surface area (Å²) in [5.74, 6) is 0.465. The summed E-state index contributed by atoms with van der Waals surface area (Å²) in [6.07, 6.45) is 14.8. The van der Waals surface area contributed by atoms with Crippen LogP contribution in [0.2, 0.25) is 10.3 Å². The summed E-state index contributed by atoms with van der Waals surface area (Å²) < 4.78 is 65.4. The largest absolute Gasteiger partial charge is 0.506 e. The van der Waals surface area contributed by atoms with Crippen molar-refractivity contribution < 1.29 is 37.2 Å². The summed E-state index contributed by atoms with van der Waals surface area (Å²) in [5.41, 5.74) is 1.53. The van der Waals surface area contributed by atoms with E-state index in [1.54, 1.807) is 24.5 Å². The minimum atomic E-state index is -0.553. The molecule has 20 heteroatoms. The molecule has 2 aliphatic rings. The molecule has 8 heterocycles. The van der Waals surface area contributed by atoms with Crippen molar-refractivity contribution >= 4 is 98.7 Å². The highest BCUT2D eigenvalue weighted by atomic mass is 79.9. The third-order valence-corrected chi connectivity index (χ3v) is 10.5. The number of hydrogen-bond acceptors (Lipinski definition) is 12. The first-order valence-corrected chi connectivity index (χ1v) is 20.2. The van der Waals surface area contributed by atoms with Crippen molar-refractivity contribution in [2.45, 2.75) is 25.7 Å². The molecular weight excluding hydrogens is 963 g/mol. The lowest BCUT2D eigenvalue weighted by molar-refractivity contribution is 0.299. The molecule has 0 atom stereocenters. The number of ether oxygens (including phenoxy) is 2. The van der Waals surface area contributed by atoms with E-state index in [1.165, 1.54) is 56.4 Å². The lowest BCUT2D eigenvalue weighted by atomic mass is 10.2. The lowest BCUT2D eigenvalue weighted by Crippen LogP contribution is -2.00. The van der Waals surface area contributed by atoms with Crippen LogP contribution in [0, 0.1) is 35.1 Å². The van der Waals surface area contributed by atoms with Crippen molar-refractivity contribution in [2.75, 3.05) is 13.2 Å². The molecule has 8 aromatic heterocycles. The molecule has 0 aromatic carbocycles. The Kier molecular flexibility index (Phi) is 13.5. The first kappa shape index (κ1) is 42.8. The third-order valence-electron chi connectivity index (χ3n) is 8.81. The van der Waals surface area contributed by atoms with Gasteiger partial charge in [-0.2, -0.15) is 0 Å². The Labute approximate surface area is 364 Å². The topological polar surface area (TPSA) is 162 Å². The summed E-state index contributed by atoms with van der Waals surface area (Å²) in [4.78, 5) is 30.7. The van der Waals surface area contributed by atoms with Gasteiger partial charge in [-0.05, 0) is 93.6 Å². The fourth-order valence-electron chi connectivity index (χ4n) is 5.32. The van der Waals surface area contributed by atoms with E-state index < -0.39 is 17.5 Å². The molecule has 0 unspecified atom stereocenters. The Morgan fingerprint density at radius 3 is 1.25 bits per heavy atom. The molecule has 308 valence electrons. The van der Waals surface area contributed by atoms with E-state index in [0.29, 0.717) is 73.1 Å². The Bertz CT molecular complexity index is 2670. The van der Waals surface area contributed by atoms with Gasteiger partial charge < -0.3 is 19.7 Å². The first-order valence-electron chi connectivity index (χ1n) is 17.9. The molecule has 60 heavy (non-hydrogen) atoms. The average molecular weight is 991 g/mol. The quantitative estimate of drug-likeness (QED) is 0.120. The van der Waals surface area contributed by atoms with E-state index in [0.717, 1.165) is 18.6 Å². The summed E-state index contributed by atoms with van der Waals surface area (Å²) >= 11 is 17.9. The highest BCUT2D eigenvalue weighted by Gasteiger charge is 2.23. The highest BCUT2D eigenvalue weighted by molar-refractivity contribution is 9.10. The van der Waals surface area contributed by atoms with E-state index in [9.17, 15) is 17.6 Å². The number of aromatic nitrogens is 8. The molecule has 2 N–H and O–H groups in total. The number of pyridine rings is 8. The third kappa shape index (κ3) is 10.7. The van der Waals surface area contributed by atoms with Crippen molar-refractivity contribution in [3.8, 4) is 23.0 Å². The highest BCUT2D eigenvalue weighted by Crippen LogP contribution is 2.32. The van der Waals surface area contributed by atoms with Gasteiger partial charge in [0.2, 0.25) is 0 Å². The van der Waals surface area contributed by atoms with E-state index >= 15 is 0 Å². The van der Waals surface area contributed by atoms with Gasteiger partial charge in [-0.25, -0.2) is 57.4 Å². The Balaban J connectivity index is 0.000000122. The molecule has 10 rings (SSSR count). The number of halogens is 8. The zero-order chi connectivity index (χ0) is 42.5. The van der Waals surface area contributed by atoms with Crippen LogP contribution in [0.15, 0.2) is 83.0 Å². The van der Waals surface area contributed by atoms with Gasteiger partial charge >= 0.3 is 0 Å². The second-order valence-electron chi connectivity index (χ2n) is 13.4. The van der Waals surface area contributed by atoms with Crippen LogP contribution >= 0.6 is 55.1 Å². The maximum atomic E-state index is 13.6. The van der Waals surface area contributed by atoms with Crippen molar-refractivity contribution in [1.82, 2.24) is 39.9 Å². The second kappa shape index (κ2) is 19.0. The number of nitrogens with zero attached hydrogens (tertiary/aromatic N) is 8. The normalized spacial score (nSPS) is 13.2. The van der Waals surface area contributed by atoms with E-state index in [-0.39, 0.29) is 43.9 Å². The minimum absolute atomic E-state index is 0.0653. The molecule has 2 aliphatic carbocycles. The first-order chi connectivity index (χ1) is 28.8. The second-order valence-corrected chi connectivity index (χ2v) is 15.6. The molecule has 0 radical (unpaired) electrons. The number of fused-ring (bicyclic) bond motifs is 4. The van der Waals surface area contributed by atoms with Gasteiger partial charge in [-0.1, -0.05) is 23.2 Å². The molecule has 12 nitrogen and oxygen atoms in total. The van der Waals surface area contributed by atoms with Crippen LogP contribution in [-0.2, 0) is 0 Å².